The van der Waals surface area contributed by atoms with E-state index < -0.39 is 5.09 Å². The quantitative estimate of drug-likeness (QED) is 0.351. The standard InChI is InChI=1S/C9H19NO3/c1-8(2)6-4-5-7-9(3)13-10(11)12/h8-9H,4-7H2,1-3H3. The lowest BCUT2D eigenvalue weighted by Crippen LogP contribution is -2.12. The Morgan fingerprint density at radius 1 is 1.23 bits per heavy atom. The first-order valence-electron chi connectivity index (χ1n) is 4.83. The van der Waals surface area contributed by atoms with E-state index in [9.17, 15) is 10.1 Å². The molecule has 13 heavy (non-hydrogen) atoms. The maximum absolute atomic E-state index is 9.93. The normalized spacial score (nSPS) is 12.9. The van der Waals surface area contributed by atoms with Gasteiger partial charge in [-0.3, -0.25) is 0 Å². The Balaban J connectivity index is 3.26. The lowest BCUT2D eigenvalue weighted by atomic mass is 10.0. The van der Waals surface area contributed by atoms with Gasteiger partial charge in [0.1, 0.15) is 6.10 Å². The maximum atomic E-state index is 9.93. The van der Waals surface area contributed by atoms with E-state index in [0.29, 0.717) is 5.92 Å². The SMILES string of the molecule is CC(C)CCCCC(C)O[N+](=O)[O-]. The molecule has 0 bridgehead atoms. The Kier molecular flexibility index (Phi) is 6.28. The lowest BCUT2D eigenvalue weighted by molar-refractivity contribution is -0.767. The highest BCUT2D eigenvalue weighted by Crippen LogP contribution is 2.10. The van der Waals surface area contributed by atoms with E-state index in [1.54, 1.807) is 6.92 Å². The van der Waals surface area contributed by atoms with Crippen LogP contribution in [0.15, 0.2) is 0 Å². The zero-order valence-corrected chi connectivity index (χ0v) is 8.66. The minimum atomic E-state index is -0.715. The van der Waals surface area contributed by atoms with Crippen molar-refractivity contribution in [2.75, 3.05) is 0 Å². The molecule has 1 atom stereocenters. The third-order valence-corrected chi connectivity index (χ3v) is 1.91. The molecule has 0 saturated heterocycles. The maximum Gasteiger partial charge on any atom is 0.294 e. The van der Waals surface area contributed by atoms with Gasteiger partial charge in [-0.2, -0.15) is 0 Å². The lowest BCUT2D eigenvalue weighted by Gasteiger charge is -2.09. The van der Waals surface area contributed by atoms with E-state index in [1.807, 2.05) is 0 Å². The molecule has 0 amide bonds. The highest BCUT2D eigenvalue weighted by molar-refractivity contribution is 4.51. The average Bonchev–Trinajstić information content (AvgIpc) is 1.96. The topological polar surface area (TPSA) is 52.4 Å². The zero-order chi connectivity index (χ0) is 10.3. The molecule has 0 aromatic heterocycles. The van der Waals surface area contributed by atoms with E-state index in [2.05, 4.69) is 18.7 Å². The second-order valence-corrected chi connectivity index (χ2v) is 3.82. The van der Waals surface area contributed by atoms with Crippen molar-refractivity contribution in [3.05, 3.63) is 10.1 Å². The Bertz CT molecular complexity index is 148. The summed E-state index contributed by atoms with van der Waals surface area (Å²) in [7, 11) is 0. The number of hydrogen-bond acceptors (Lipinski definition) is 3. The summed E-state index contributed by atoms with van der Waals surface area (Å²) in [5.74, 6) is 0.715. The van der Waals surface area contributed by atoms with Crippen LogP contribution in [0.4, 0.5) is 0 Å². The molecule has 0 radical (unpaired) electrons. The summed E-state index contributed by atoms with van der Waals surface area (Å²) in [6.45, 7) is 6.09. The van der Waals surface area contributed by atoms with Gasteiger partial charge in [0.05, 0.1) is 0 Å². The highest BCUT2D eigenvalue weighted by Gasteiger charge is 2.06. The third-order valence-electron chi connectivity index (χ3n) is 1.91. The summed E-state index contributed by atoms with van der Waals surface area (Å²) in [6.07, 6.45) is 3.83. The monoisotopic (exact) mass is 189 g/mol. The number of nitrogens with zero attached hydrogens (tertiary/aromatic N) is 1. The molecule has 0 rings (SSSR count). The second kappa shape index (κ2) is 6.69. The van der Waals surface area contributed by atoms with Gasteiger partial charge in [-0.25, -0.2) is 0 Å². The molecule has 0 aliphatic rings. The molecule has 0 aliphatic carbocycles. The summed E-state index contributed by atoms with van der Waals surface area (Å²) >= 11 is 0. The smallest absolute Gasteiger partial charge is 0.294 e. The molecule has 0 heterocycles. The fourth-order valence-electron chi connectivity index (χ4n) is 1.18. The van der Waals surface area contributed by atoms with Crippen LogP contribution in [0.3, 0.4) is 0 Å². The van der Waals surface area contributed by atoms with Crippen molar-refractivity contribution in [2.45, 2.75) is 52.6 Å². The van der Waals surface area contributed by atoms with E-state index in [4.69, 9.17) is 0 Å². The zero-order valence-electron chi connectivity index (χ0n) is 8.66. The molecule has 0 spiro atoms. The fraction of sp³-hybridized carbons (Fsp3) is 1.00. The van der Waals surface area contributed by atoms with Gasteiger partial charge in [0, 0.05) is 0 Å². The van der Waals surface area contributed by atoms with E-state index in [0.717, 1.165) is 19.3 Å². The number of rotatable bonds is 7. The van der Waals surface area contributed by atoms with Gasteiger partial charge < -0.3 is 4.84 Å². The van der Waals surface area contributed by atoms with Crippen LogP contribution in [0.2, 0.25) is 0 Å². The van der Waals surface area contributed by atoms with Gasteiger partial charge in [0.15, 0.2) is 0 Å². The van der Waals surface area contributed by atoms with Gasteiger partial charge in [0.25, 0.3) is 5.09 Å². The summed E-state index contributed by atoms with van der Waals surface area (Å²) in [6, 6.07) is 0. The third kappa shape index (κ3) is 9.11. The Morgan fingerprint density at radius 3 is 2.23 bits per heavy atom. The molecule has 4 nitrogen and oxygen atoms in total. The van der Waals surface area contributed by atoms with Gasteiger partial charge in [-0.15, -0.1) is 10.1 Å². The summed E-state index contributed by atoms with van der Waals surface area (Å²) in [5.41, 5.74) is 0. The Hall–Kier alpha value is -0.800. The van der Waals surface area contributed by atoms with E-state index >= 15 is 0 Å². The van der Waals surface area contributed by atoms with Crippen LogP contribution in [0.1, 0.15) is 46.5 Å². The molecule has 0 fully saturated rings. The number of hydrogen-bond donors (Lipinski definition) is 0. The Labute approximate surface area is 79.4 Å². The minimum absolute atomic E-state index is 0.262. The van der Waals surface area contributed by atoms with Crippen LogP contribution < -0.4 is 0 Å². The molecular weight excluding hydrogens is 170 g/mol. The van der Waals surface area contributed by atoms with Crippen molar-refractivity contribution < 1.29 is 9.92 Å². The first kappa shape index (κ1) is 12.2. The predicted octanol–water partition coefficient (Wildman–Crippen LogP) is 2.80. The summed E-state index contributed by atoms with van der Waals surface area (Å²) in [5, 5.41) is 9.22. The van der Waals surface area contributed by atoms with Gasteiger partial charge >= 0.3 is 0 Å². The largest absolute Gasteiger partial charge is 0.311 e. The van der Waals surface area contributed by atoms with Crippen LogP contribution in [0.25, 0.3) is 0 Å². The fourth-order valence-corrected chi connectivity index (χ4v) is 1.18. The van der Waals surface area contributed by atoms with E-state index in [-0.39, 0.29) is 6.10 Å². The molecule has 0 aliphatic heterocycles. The molecule has 0 aromatic carbocycles. The number of unbranched alkanes of at least 4 members (excludes halogenated alkanes) is 1. The van der Waals surface area contributed by atoms with Crippen LogP contribution in [0.5, 0.6) is 0 Å². The molecule has 4 heteroatoms. The van der Waals surface area contributed by atoms with Gasteiger partial charge in [-0.1, -0.05) is 33.1 Å². The first-order valence-corrected chi connectivity index (χ1v) is 4.83. The molecule has 78 valence electrons. The predicted molar refractivity (Wildman–Crippen MR) is 50.8 cm³/mol. The van der Waals surface area contributed by atoms with E-state index in [1.165, 1.54) is 6.42 Å². The molecular formula is C9H19NO3. The summed E-state index contributed by atoms with van der Waals surface area (Å²) in [4.78, 5) is 14.3. The van der Waals surface area contributed by atoms with Crippen molar-refractivity contribution >= 4 is 0 Å². The van der Waals surface area contributed by atoms with Crippen molar-refractivity contribution in [3.63, 3.8) is 0 Å². The van der Waals surface area contributed by atoms with Crippen molar-refractivity contribution in [1.29, 1.82) is 0 Å². The van der Waals surface area contributed by atoms with Crippen LogP contribution >= 0.6 is 0 Å². The van der Waals surface area contributed by atoms with Crippen LogP contribution in [0, 0.1) is 16.0 Å². The van der Waals surface area contributed by atoms with Crippen LogP contribution in [-0.2, 0) is 4.84 Å². The second-order valence-electron chi connectivity index (χ2n) is 3.82. The van der Waals surface area contributed by atoms with Gasteiger partial charge in [0.2, 0.25) is 0 Å². The Morgan fingerprint density at radius 2 is 1.77 bits per heavy atom. The molecule has 0 aromatic rings. The van der Waals surface area contributed by atoms with Crippen molar-refractivity contribution in [2.24, 2.45) is 5.92 Å². The molecule has 0 saturated carbocycles. The molecule has 1 unspecified atom stereocenters. The average molecular weight is 189 g/mol. The van der Waals surface area contributed by atoms with Gasteiger partial charge in [-0.05, 0) is 19.3 Å². The van der Waals surface area contributed by atoms with Crippen molar-refractivity contribution in [1.82, 2.24) is 0 Å². The summed E-state index contributed by atoms with van der Waals surface area (Å²) < 4.78 is 0. The first-order chi connectivity index (χ1) is 6.02. The highest BCUT2D eigenvalue weighted by atomic mass is 17.0. The van der Waals surface area contributed by atoms with Crippen molar-refractivity contribution in [3.8, 4) is 0 Å². The van der Waals surface area contributed by atoms with Crippen LogP contribution in [-0.4, -0.2) is 11.2 Å². The molecule has 0 N–H and O–H groups in total. The minimum Gasteiger partial charge on any atom is -0.311 e.